The van der Waals surface area contributed by atoms with Gasteiger partial charge in [-0.1, -0.05) is 69.3 Å². The summed E-state index contributed by atoms with van der Waals surface area (Å²) in [4.78, 5) is 15.5. The summed E-state index contributed by atoms with van der Waals surface area (Å²) in [5.41, 5.74) is 5.52. The van der Waals surface area contributed by atoms with Crippen molar-refractivity contribution in [1.29, 1.82) is 0 Å². The van der Waals surface area contributed by atoms with Crippen LogP contribution >= 0.6 is 0 Å². The highest BCUT2D eigenvalue weighted by molar-refractivity contribution is 5.84. The number of fused-ring (bicyclic) bond motifs is 3. The third-order valence-corrected chi connectivity index (χ3v) is 6.09. The molecule has 0 unspecified atom stereocenters. The van der Waals surface area contributed by atoms with Crippen LogP contribution in [0.2, 0.25) is 0 Å². The van der Waals surface area contributed by atoms with E-state index in [1.807, 2.05) is 20.8 Å². The van der Waals surface area contributed by atoms with E-state index in [9.17, 15) is 4.79 Å². The highest BCUT2D eigenvalue weighted by Crippen LogP contribution is 2.41. The lowest BCUT2D eigenvalue weighted by molar-refractivity contribution is -1.02. The molecule has 2 aromatic rings. The van der Waals surface area contributed by atoms with Gasteiger partial charge in [0.15, 0.2) is 5.78 Å². The molecular weight excluding hydrogens is 320 g/mol. The van der Waals surface area contributed by atoms with Gasteiger partial charge >= 0.3 is 0 Å². The molecule has 26 heavy (non-hydrogen) atoms. The second-order valence-electron chi connectivity index (χ2n) is 8.87. The van der Waals surface area contributed by atoms with Gasteiger partial charge < -0.3 is 9.80 Å². The first kappa shape index (κ1) is 17.4. The molecule has 1 aliphatic carbocycles. The minimum Gasteiger partial charge on any atom is -0.319 e. The van der Waals surface area contributed by atoms with Crippen LogP contribution < -0.4 is 9.80 Å². The standard InChI is InChI=1S/C23H28N2O/c1-23(2,3)21(26)16-24-12-14-25(15-13-24)22-19-10-6-4-8-17(19)18-9-5-7-11-20(18)22/h4-11,22H,12-16H2,1-3H3/p+2. The Morgan fingerprint density at radius 1 is 0.885 bits per heavy atom. The summed E-state index contributed by atoms with van der Waals surface area (Å²) in [5.74, 6) is 0.382. The molecular formula is C23H30N2O+2. The minimum atomic E-state index is -0.222. The van der Waals surface area contributed by atoms with Crippen LogP contribution in [-0.4, -0.2) is 38.5 Å². The van der Waals surface area contributed by atoms with Gasteiger partial charge in [0.05, 0.1) is 0 Å². The van der Waals surface area contributed by atoms with E-state index in [2.05, 4.69) is 48.5 Å². The number of carbonyl (C=O) groups excluding carboxylic acids is 1. The maximum Gasteiger partial charge on any atom is 0.192 e. The highest BCUT2D eigenvalue weighted by Gasteiger charge is 2.39. The Bertz CT molecular complexity index is 767. The Hall–Kier alpha value is -1.97. The fourth-order valence-electron chi connectivity index (χ4n) is 4.48. The van der Waals surface area contributed by atoms with E-state index in [-0.39, 0.29) is 5.41 Å². The third-order valence-electron chi connectivity index (χ3n) is 6.09. The molecule has 2 aliphatic rings. The van der Waals surface area contributed by atoms with Gasteiger partial charge in [-0.3, -0.25) is 4.79 Å². The van der Waals surface area contributed by atoms with Crippen molar-refractivity contribution in [3.05, 3.63) is 59.7 Å². The number of hydrogen-bond donors (Lipinski definition) is 2. The van der Waals surface area contributed by atoms with Crippen molar-refractivity contribution >= 4 is 5.78 Å². The van der Waals surface area contributed by atoms with E-state index in [0.717, 1.165) is 26.2 Å². The van der Waals surface area contributed by atoms with Crippen LogP contribution in [-0.2, 0) is 4.79 Å². The number of rotatable bonds is 3. The molecule has 0 amide bonds. The molecule has 1 fully saturated rings. The van der Waals surface area contributed by atoms with Gasteiger partial charge in [-0.05, 0) is 11.1 Å². The number of Topliss-reactive ketones (excluding diaryl/α,β-unsaturated/α-hetero) is 1. The van der Waals surface area contributed by atoms with Crippen molar-refractivity contribution in [2.45, 2.75) is 26.8 Å². The minimum absolute atomic E-state index is 0.222. The predicted molar refractivity (Wildman–Crippen MR) is 104 cm³/mol. The molecule has 1 saturated heterocycles. The third kappa shape index (κ3) is 3.10. The van der Waals surface area contributed by atoms with Gasteiger partial charge in [0.1, 0.15) is 38.8 Å². The van der Waals surface area contributed by atoms with Crippen molar-refractivity contribution in [3.8, 4) is 11.1 Å². The largest absolute Gasteiger partial charge is 0.319 e. The monoisotopic (exact) mass is 350 g/mol. The Balaban J connectivity index is 1.51. The smallest absolute Gasteiger partial charge is 0.192 e. The number of hydrogen-bond acceptors (Lipinski definition) is 1. The molecule has 1 aliphatic heterocycles. The van der Waals surface area contributed by atoms with Crippen LogP contribution in [0.5, 0.6) is 0 Å². The summed E-state index contributed by atoms with van der Waals surface area (Å²) in [7, 11) is 0. The van der Waals surface area contributed by atoms with Crippen molar-refractivity contribution in [3.63, 3.8) is 0 Å². The van der Waals surface area contributed by atoms with Gasteiger partial charge in [0.2, 0.25) is 0 Å². The summed E-state index contributed by atoms with van der Waals surface area (Å²) in [6.07, 6.45) is 0. The summed E-state index contributed by atoms with van der Waals surface area (Å²) in [5, 5.41) is 0. The van der Waals surface area contributed by atoms with E-state index >= 15 is 0 Å². The molecule has 4 rings (SSSR count). The number of piperazine rings is 1. The lowest BCUT2D eigenvalue weighted by Crippen LogP contribution is -3.28. The number of ketones is 1. The Morgan fingerprint density at radius 2 is 1.38 bits per heavy atom. The van der Waals surface area contributed by atoms with Gasteiger partial charge in [-0.25, -0.2) is 0 Å². The molecule has 136 valence electrons. The van der Waals surface area contributed by atoms with Crippen LogP contribution in [0.3, 0.4) is 0 Å². The summed E-state index contributed by atoms with van der Waals surface area (Å²) in [6, 6.07) is 18.2. The second-order valence-corrected chi connectivity index (χ2v) is 8.87. The first-order valence-corrected chi connectivity index (χ1v) is 9.85. The summed E-state index contributed by atoms with van der Waals surface area (Å²) < 4.78 is 0. The van der Waals surface area contributed by atoms with Crippen LogP contribution in [0.15, 0.2) is 48.5 Å². The molecule has 2 aromatic carbocycles. The molecule has 3 heteroatoms. The zero-order valence-electron chi connectivity index (χ0n) is 16.1. The molecule has 0 radical (unpaired) electrons. The SMILES string of the molecule is CC(C)(C)C(=O)C[NH+]1CC[NH+](C2c3ccccc3-c3ccccc32)CC1. The summed E-state index contributed by atoms with van der Waals surface area (Å²) >= 11 is 0. The summed E-state index contributed by atoms with van der Waals surface area (Å²) in [6.45, 7) is 11.2. The lowest BCUT2D eigenvalue weighted by atomic mass is 9.90. The van der Waals surface area contributed by atoms with Crippen molar-refractivity contribution in [2.24, 2.45) is 5.41 Å². The van der Waals surface area contributed by atoms with Gasteiger partial charge in [0.25, 0.3) is 0 Å². The molecule has 0 spiro atoms. The van der Waals surface area contributed by atoms with Crippen LogP contribution in [0, 0.1) is 5.41 Å². The van der Waals surface area contributed by atoms with Crippen molar-refractivity contribution in [1.82, 2.24) is 0 Å². The van der Waals surface area contributed by atoms with Gasteiger partial charge in [0, 0.05) is 16.5 Å². The Kier molecular flexibility index (Phi) is 4.45. The van der Waals surface area contributed by atoms with E-state index in [0.29, 0.717) is 18.4 Å². The molecule has 0 bridgehead atoms. The lowest BCUT2D eigenvalue weighted by Gasteiger charge is -2.34. The zero-order valence-corrected chi connectivity index (χ0v) is 16.1. The van der Waals surface area contributed by atoms with Crippen molar-refractivity contribution in [2.75, 3.05) is 32.7 Å². The fourth-order valence-corrected chi connectivity index (χ4v) is 4.48. The number of benzene rings is 2. The van der Waals surface area contributed by atoms with Crippen LogP contribution in [0.4, 0.5) is 0 Å². The predicted octanol–water partition coefficient (Wildman–Crippen LogP) is 1.16. The fraction of sp³-hybridized carbons (Fsp3) is 0.435. The molecule has 2 N–H and O–H groups in total. The first-order chi connectivity index (χ1) is 12.4. The van der Waals surface area contributed by atoms with Gasteiger partial charge in [-0.15, -0.1) is 0 Å². The number of quaternary nitrogens is 2. The topological polar surface area (TPSA) is 26.0 Å². The molecule has 0 atom stereocenters. The number of nitrogens with one attached hydrogen (secondary N) is 2. The van der Waals surface area contributed by atoms with E-state index in [1.165, 1.54) is 27.2 Å². The van der Waals surface area contributed by atoms with Crippen LogP contribution in [0.1, 0.15) is 37.9 Å². The Morgan fingerprint density at radius 3 is 1.88 bits per heavy atom. The van der Waals surface area contributed by atoms with E-state index in [1.54, 1.807) is 4.90 Å². The van der Waals surface area contributed by atoms with Gasteiger partial charge in [-0.2, -0.15) is 0 Å². The molecule has 3 nitrogen and oxygen atoms in total. The molecule has 0 aromatic heterocycles. The van der Waals surface area contributed by atoms with E-state index in [4.69, 9.17) is 0 Å². The van der Waals surface area contributed by atoms with Crippen LogP contribution in [0.25, 0.3) is 11.1 Å². The second kappa shape index (κ2) is 6.64. The average molecular weight is 351 g/mol. The molecule has 1 heterocycles. The maximum absolute atomic E-state index is 12.4. The molecule has 0 saturated carbocycles. The van der Waals surface area contributed by atoms with E-state index < -0.39 is 0 Å². The quantitative estimate of drug-likeness (QED) is 0.854. The first-order valence-electron chi connectivity index (χ1n) is 9.85. The zero-order chi connectivity index (χ0) is 18.3. The van der Waals surface area contributed by atoms with Crippen molar-refractivity contribution < 1.29 is 14.6 Å². The highest BCUT2D eigenvalue weighted by atomic mass is 16.1. The average Bonchev–Trinajstić information content (AvgIpc) is 2.96. The maximum atomic E-state index is 12.4. The number of carbonyl (C=O) groups is 1. The Labute approximate surface area is 156 Å². The normalized spacial score (nSPS) is 22.7.